The van der Waals surface area contributed by atoms with Gasteiger partial charge < -0.3 is 14.2 Å². The maximum atomic E-state index is 12.3. The molecule has 1 heterocycles. The number of hydrogen-bond acceptors (Lipinski definition) is 5. The van der Waals surface area contributed by atoms with Crippen molar-refractivity contribution in [3.8, 4) is 11.6 Å². The second-order valence-corrected chi connectivity index (χ2v) is 4.08. The van der Waals surface area contributed by atoms with Crippen LogP contribution in [0.1, 0.15) is 11.1 Å². The summed E-state index contributed by atoms with van der Waals surface area (Å²) in [6, 6.07) is 0. The van der Waals surface area contributed by atoms with Crippen molar-refractivity contribution >= 4 is 21.9 Å². The zero-order valence-corrected chi connectivity index (χ0v) is 12.2. The van der Waals surface area contributed by atoms with Crippen LogP contribution in [-0.2, 0) is 21.3 Å². The van der Waals surface area contributed by atoms with Crippen molar-refractivity contribution in [2.75, 3.05) is 14.2 Å². The number of carbonyl (C=O) groups excluding carboxylic acids is 1. The van der Waals surface area contributed by atoms with Crippen LogP contribution in [0.5, 0.6) is 11.6 Å². The van der Waals surface area contributed by atoms with Crippen molar-refractivity contribution in [3.63, 3.8) is 0 Å². The van der Waals surface area contributed by atoms with Crippen LogP contribution in [0.2, 0.25) is 0 Å². The number of carbonyl (C=O) groups is 1. The first kappa shape index (κ1) is 16.5. The number of hydrogen-bond donors (Lipinski definition) is 0. The molecule has 0 N–H and O–H groups in total. The van der Waals surface area contributed by atoms with E-state index in [4.69, 9.17) is 4.74 Å². The van der Waals surface area contributed by atoms with E-state index in [0.717, 1.165) is 13.3 Å². The van der Waals surface area contributed by atoms with Gasteiger partial charge in [0.2, 0.25) is 5.88 Å². The van der Waals surface area contributed by atoms with Crippen molar-refractivity contribution in [1.29, 1.82) is 0 Å². The molecule has 9 heteroatoms. The first-order valence-corrected chi connectivity index (χ1v) is 6.37. The van der Waals surface area contributed by atoms with Crippen molar-refractivity contribution in [2.45, 2.75) is 18.1 Å². The molecule has 0 aliphatic carbocycles. The molecule has 1 rings (SSSR count). The zero-order chi connectivity index (χ0) is 15.3. The summed E-state index contributed by atoms with van der Waals surface area (Å²) in [6.45, 7) is 0. The van der Waals surface area contributed by atoms with Crippen molar-refractivity contribution in [1.82, 2.24) is 4.98 Å². The van der Waals surface area contributed by atoms with E-state index in [1.807, 2.05) is 0 Å². The first-order chi connectivity index (χ1) is 9.32. The van der Waals surface area contributed by atoms with E-state index >= 15 is 0 Å². The average Bonchev–Trinajstić information content (AvgIpc) is 2.38. The summed E-state index contributed by atoms with van der Waals surface area (Å²) >= 11 is 3.12. The second-order valence-electron chi connectivity index (χ2n) is 3.52. The summed E-state index contributed by atoms with van der Waals surface area (Å²) in [5.74, 6) is -1.15. The molecule has 112 valence electrons. The number of rotatable bonds is 5. The van der Waals surface area contributed by atoms with Crippen molar-refractivity contribution in [3.05, 3.63) is 17.3 Å². The number of pyridine rings is 1. The molecule has 0 amide bonds. The maximum absolute atomic E-state index is 12.3. The highest BCUT2D eigenvalue weighted by atomic mass is 79.9. The molecule has 0 saturated carbocycles. The molecule has 0 aromatic carbocycles. The lowest BCUT2D eigenvalue weighted by Gasteiger charge is -2.16. The number of aromatic nitrogens is 1. The van der Waals surface area contributed by atoms with Crippen LogP contribution >= 0.6 is 15.9 Å². The summed E-state index contributed by atoms with van der Waals surface area (Å²) in [5, 5.41) is 0.143. The normalized spacial score (nSPS) is 11.1. The van der Waals surface area contributed by atoms with E-state index in [9.17, 15) is 18.0 Å². The fraction of sp³-hybridized carbons (Fsp3) is 0.455. The first-order valence-electron chi connectivity index (χ1n) is 5.25. The molecule has 0 fully saturated rings. The minimum Gasteiger partial charge on any atom is -0.481 e. The molecule has 20 heavy (non-hydrogen) atoms. The summed E-state index contributed by atoms with van der Waals surface area (Å²) in [4.78, 5) is 15.0. The number of methoxy groups -OCH3 is 2. The maximum Gasteiger partial charge on any atom is 0.573 e. The van der Waals surface area contributed by atoms with Crippen LogP contribution in [0.4, 0.5) is 13.2 Å². The van der Waals surface area contributed by atoms with E-state index in [-0.39, 0.29) is 23.2 Å². The molecule has 1 aromatic rings. The molecule has 0 atom stereocenters. The van der Waals surface area contributed by atoms with Gasteiger partial charge in [-0.05, 0) is 0 Å². The smallest absolute Gasteiger partial charge is 0.481 e. The van der Waals surface area contributed by atoms with Crippen LogP contribution in [0, 0.1) is 0 Å². The van der Waals surface area contributed by atoms with E-state index < -0.39 is 18.1 Å². The van der Waals surface area contributed by atoms with E-state index in [1.165, 1.54) is 7.11 Å². The Balaban J connectivity index is 3.31. The lowest BCUT2D eigenvalue weighted by atomic mass is 10.1. The SMILES string of the molecule is COC(=O)Cc1c(OC(F)(F)F)cnc(OC)c1CBr. The Hall–Kier alpha value is -1.51. The van der Waals surface area contributed by atoms with Gasteiger partial charge in [0.25, 0.3) is 0 Å². The summed E-state index contributed by atoms with van der Waals surface area (Å²) < 4.78 is 50.3. The molecule has 0 saturated heterocycles. The van der Waals surface area contributed by atoms with Crippen LogP contribution in [0.3, 0.4) is 0 Å². The van der Waals surface area contributed by atoms with Crippen LogP contribution in [-0.4, -0.2) is 31.5 Å². The van der Waals surface area contributed by atoms with Gasteiger partial charge in [-0.1, -0.05) is 15.9 Å². The van der Waals surface area contributed by atoms with Crippen molar-refractivity contribution in [2.24, 2.45) is 0 Å². The molecular formula is C11H11BrF3NO4. The molecule has 0 unspecified atom stereocenters. The van der Waals surface area contributed by atoms with Gasteiger partial charge in [0, 0.05) is 16.5 Å². The predicted molar refractivity (Wildman–Crippen MR) is 65.8 cm³/mol. The molecule has 0 aliphatic heterocycles. The van der Waals surface area contributed by atoms with E-state index in [1.54, 1.807) is 0 Å². The fourth-order valence-electron chi connectivity index (χ4n) is 1.49. The highest BCUT2D eigenvalue weighted by Crippen LogP contribution is 2.33. The number of nitrogens with zero attached hydrogens (tertiary/aromatic N) is 1. The van der Waals surface area contributed by atoms with Crippen molar-refractivity contribution < 1.29 is 32.2 Å². The molecular weight excluding hydrogens is 347 g/mol. The molecule has 0 bridgehead atoms. The topological polar surface area (TPSA) is 57.7 Å². The van der Waals surface area contributed by atoms with Gasteiger partial charge in [-0.2, -0.15) is 0 Å². The highest BCUT2D eigenvalue weighted by molar-refractivity contribution is 9.08. The molecule has 1 aromatic heterocycles. The van der Waals surface area contributed by atoms with Gasteiger partial charge in [0.1, 0.15) is 0 Å². The third kappa shape index (κ3) is 4.26. The van der Waals surface area contributed by atoms with Gasteiger partial charge >= 0.3 is 12.3 Å². The van der Waals surface area contributed by atoms with E-state index in [0.29, 0.717) is 5.56 Å². The zero-order valence-electron chi connectivity index (χ0n) is 10.6. The molecule has 5 nitrogen and oxygen atoms in total. The third-order valence-electron chi connectivity index (χ3n) is 2.32. The number of alkyl halides is 4. The third-order valence-corrected chi connectivity index (χ3v) is 2.88. The van der Waals surface area contributed by atoms with Crippen LogP contribution in [0.15, 0.2) is 6.20 Å². The number of halogens is 4. The Morgan fingerprint density at radius 3 is 2.45 bits per heavy atom. The van der Waals surface area contributed by atoms with Crippen LogP contribution < -0.4 is 9.47 Å². The Labute approximate surface area is 121 Å². The van der Waals surface area contributed by atoms with Gasteiger partial charge in [0.15, 0.2) is 5.75 Å². The Bertz CT molecular complexity index is 493. The number of esters is 1. The molecule has 0 spiro atoms. The van der Waals surface area contributed by atoms with Gasteiger partial charge in [-0.15, -0.1) is 13.2 Å². The molecule has 0 radical (unpaired) electrons. The quantitative estimate of drug-likeness (QED) is 0.598. The minimum absolute atomic E-state index is 0.0119. The van der Waals surface area contributed by atoms with Crippen LogP contribution in [0.25, 0.3) is 0 Å². The molecule has 0 aliphatic rings. The summed E-state index contributed by atoms with van der Waals surface area (Å²) in [7, 11) is 2.46. The largest absolute Gasteiger partial charge is 0.573 e. The predicted octanol–water partition coefficient (Wildman–Crippen LogP) is 2.60. The Morgan fingerprint density at radius 2 is 2.00 bits per heavy atom. The summed E-state index contributed by atoms with van der Waals surface area (Å²) in [5.41, 5.74) is 0.303. The number of ether oxygens (including phenoxy) is 3. The Morgan fingerprint density at radius 1 is 1.35 bits per heavy atom. The van der Waals surface area contributed by atoms with E-state index in [2.05, 4.69) is 30.4 Å². The van der Waals surface area contributed by atoms with Gasteiger partial charge in [-0.3, -0.25) is 4.79 Å². The fourth-order valence-corrected chi connectivity index (χ4v) is 2.07. The van der Waals surface area contributed by atoms with Gasteiger partial charge in [-0.25, -0.2) is 4.98 Å². The Kier molecular flexibility index (Phi) is 5.61. The average molecular weight is 358 g/mol. The standard InChI is InChI=1S/C11H11BrF3NO4/c1-18-9(17)3-6-7(4-12)10(19-2)16-5-8(6)20-11(13,14)15/h5H,3-4H2,1-2H3. The lowest BCUT2D eigenvalue weighted by molar-refractivity contribution is -0.275. The minimum atomic E-state index is -4.88. The summed E-state index contributed by atoms with van der Waals surface area (Å²) in [6.07, 6.45) is -4.41. The highest BCUT2D eigenvalue weighted by Gasteiger charge is 2.33. The second kappa shape index (κ2) is 6.78. The lowest BCUT2D eigenvalue weighted by Crippen LogP contribution is -2.20. The van der Waals surface area contributed by atoms with Gasteiger partial charge in [0.05, 0.1) is 26.8 Å². The monoisotopic (exact) mass is 357 g/mol.